The van der Waals surface area contributed by atoms with E-state index in [1.54, 1.807) is 6.92 Å². The Bertz CT molecular complexity index is 1070. The second-order valence-corrected chi connectivity index (χ2v) is 7.83. The minimum Gasteiger partial charge on any atom is -0.481 e. The molecule has 0 radical (unpaired) electrons. The predicted molar refractivity (Wildman–Crippen MR) is 109 cm³/mol. The third-order valence-electron chi connectivity index (χ3n) is 4.49. The van der Waals surface area contributed by atoms with Crippen LogP contribution in [0.15, 0.2) is 42.5 Å². The predicted octanol–water partition coefficient (Wildman–Crippen LogP) is 2.78. The fourth-order valence-electron chi connectivity index (χ4n) is 3.10. The van der Waals surface area contributed by atoms with Gasteiger partial charge in [-0.1, -0.05) is 42.5 Å². The van der Waals surface area contributed by atoms with E-state index >= 15 is 0 Å². The number of hydrogen-bond acceptors (Lipinski definition) is 5. The van der Waals surface area contributed by atoms with Gasteiger partial charge in [0.1, 0.15) is 6.04 Å². The van der Waals surface area contributed by atoms with Crippen molar-refractivity contribution in [3.8, 4) is 0 Å². The Labute approximate surface area is 171 Å². The average molecular weight is 412 g/mol. The molecule has 0 aliphatic carbocycles. The summed E-state index contributed by atoms with van der Waals surface area (Å²) < 4.78 is 0. The second kappa shape index (κ2) is 8.83. The summed E-state index contributed by atoms with van der Waals surface area (Å²) in [4.78, 5) is 39.4. The van der Waals surface area contributed by atoms with Crippen molar-refractivity contribution in [3.05, 3.63) is 63.6 Å². The van der Waals surface area contributed by atoms with Crippen LogP contribution in [-0.4, -0.2) is 39.1 Å². The van der Waals surface area contributed by atoms with Crippen molar-refractivity contribution >= 4 is 40.0 Å². The lowest BCUT2D eigenvalue weighted by atomic mass is 10.0. The van der Waals surface area contributed by atoms with Gasteiger partial charge in [0.2, 0.25) is 5.91 Å². The van der Waals surface area contributed by atoms with Crippen molar-refractivity contribution in [2.45, 2.75) is 32.2 Å². The van der Waals surface area contributed by atoms with Gasteiger partial charge in [-0.15, -0.1) is 11.3 Å². The first kappa shape index (κ1) is 20.5. The number of benzene rings is 2. The van der Waals surface area contributed by atoms with Crippen LogP contribution in [0.3, 0.4) is 0 Å². The summed E-state index contributed by atoms with van der Waals surface area (Å²) in [6, 6.07) is 12.7. The summed E-state index contributed by atoms with van der Waals surface area (Å²) in [6.45, 7) is 1.80. The first-order valence-electron chi connectivity index (χ1n) is 8.99. The maximum Gasteiger partial charge on any atom is 0.326 e. The van der Waals surface area contributed by atoms with Crippen LogP contribution in [0.5, 0.6) is 0 Å². The zero-order valence-corrected chi connectivity index (χ0v) is 16.5. The molecule has 1 amide bonds. The van der Waals surface area contributed by atoms with E-state index in [0.29, 0.717) is 12.1 Å². The highest BCUT2D eigenvalue weighted by Gasteiger charge is 2.23. The second-order valence-electron chi connectivity index (χ2n) is 6.66. The Morgan fingerprint density at radius 2 is 1.83 bits per heavy atom. The molecule has 1 unspecified atom stereocenters. The molecule has 2 aromatic carbocycles. The molecule has 0 aliphatic rings. The molecule has 8 heteroatoms. The largest absolute Gasteiger partial charge is 0.481 e. The average Bonchev–Trinajstić information content (AvgIpc) is 3.00. The number of thiazole rings is 1. The number of carboxylic acids is 2. The first-order valence-corrected chi connectivity index (χ1v) is 9.81. The molecule has 1 aromatic heterocycles. The number of fused-ring (bicyclic) bond motifs is 1. The van der Waals surface area contributed by atoms with Gasteiger partial charge in [-0.25, -0.2) is 9.78 Å². The van der Waals surface area contributed by atoms with Gasteiger partial charge in [0, 0.05) is 11.3 Å². The molecule has 3 rings (SSSR count). The Hall–Kier alpha value is -3.26. The molecule has 0 bridgehead atoms. The van der Waals surface area contributed by atoms with E-state index in [4.69, 9.17) is 10.2 Å². The molecule has 3 N–H and O–H groups in total. The van der Waals surface area contributed by atoms with E-state index in [1.807, 2.05) is 18.2 Å². The number of rotatable bonds is 8. The van der Waals surface area contributed by atoms with Crippen LogP contribution in [0, 0.1) is 6.92 Å². The van der Waals surface area contributed by atoms with Crippen LogP contribution in [0.2, 0.25) is 0 Å². The number of aryl methyl sites for hydroxylation is 1. The van der Waals surface area contributed by atoms with Crippen LogP contribution in [0.25, 0.3) is 10.8 Å². The van der Waals surface area contributed by atoms with Gasteiger partial charge < -0.3 is 15.5 Å². The van der Waals surface area contributed by atoms with E-state index < -0.39 is 30.3 Å². The van der Waals surface area contributed by atoms with Crippen LogP contribution in [0.4, 0.5) is 0 Å². The molecule has 0 saturated heterocycles. The molecule has 0 spiro atoms. The summed E-state index contributed by atoms with van der Waals surface area (Å²) >= 11 is 1.40. The molecular formula is C21H20N2O5S. The van der Waals surface area contributed by atoms with Crippen molar-refractivity contribution in [2.75, 3.05) is 0 Å². The zero-order valence-electron chi connectivity index (χ0n) is 15.7. The van der Waals surface area contributed by atoms with Gasteiger partial charge in [-0.2, -0.15) is 0 Å². The Balaban J connectivity index is 1.72. The van der Waals surface area contributed by atoms with E-state index in [9.17, 15) is 14.4 Å². The van der Waals surface area contributed by atoms with E-state index in [1.165, 1.54) is 11.3 Å². The Morgan fingerprint density at radius 3 is 2.55 bits per heavy atom. The highest BCUT2D eigenvalue weighted by molar-refractivity contribution is 7.11. The number of nitrogens with zero attached hydrogens (tertiary/aromatic N) is 1. The third-order valence-corrected chi connectivity index (χ3v) is 5.65. The molecule has 0 fully saturated rings. The maximum atomic E-state index is 12.2. The van der Waals surface area contributed by atoms with Crippen molar-refractivity contribution < 1.29 is 24.6 Å². The third kappa shape index (κ3) is 5.17. The number of carboxylic acid groups (broad SMARTS) is 2. The lowest BCUT2D eigenvalue weighted by molar-refractivity contribution is -0.147. The van der Waals surface area contributed by atoms with E-state index in [0.717, 1.165) is 26.2 Å². The van der Waals surface area contributed by atoms with Crippen LogP contribution in [-0.2, 0) is 27.2 Å². The number of aliphatic carboxylic acids is 2. The van der Waals surface area contributed by atoms with Gasteiger partial charge in [0.25, 0.3) is 0 Å². The normalized spacial score (nSPS) is 11.9. The monoisotopic (exact) mass is 412 g/mol. The van der Waals surface area contributed by atoms with Gasteiger partial charge in [-0.3, -0.25) is 9.59 Å². The number of nitrogens with one attached hydrogen (secondary N) is 1. The van der Waals surface area contributed by atoms with Crippen molar-refractivity contribution in [1.29, 1.82) is 0 Å². The summed E-state index contributed by atoms with van der Waals surface area (Å²) in [5.41, 5.74) is 1.85. The molecule has 29 heavy (non-hydrogen) atoms. The molecule has 0 saturated carbocycles. The van der Waals surface area contributed by atoms with E-state index in [2.05, 4.69) is 34.6 Å². The van der Waals surface area contributed by atoms with Crippen LogP contribution in [0.1, 0.15) is 27.6 Å². The Morgan fingerprint density at radius 1 is 1.10 bits per heavy atom. The van der Waals surface area contributed by atoms with Crippen molar-refractivity contribution in [2.24, 2.45) is 0 Å². The lowest BCUT2D eigenvalue weighted by Gasteiger charge is -2.11. The molecule has 150 valence electrons. The van der Waals surface area contributed by atoms with E-state index in [-0.39, 0.29) is 6.42 Å². The molecule has 0 aliphatic heterocycles. The molecular weight excluding hydrogens is 392 g/mol. The smallest absolute Gasteiger partial charge is 0.326 e. The van der Waals surface area contributed by atoms with Crippen molar-refractivity contribution in [3.63, 3.8) is 0 Å². The van der Waals surface area contributed by atoms with Crippen LogP contribution >= 0.6 is 11.3 Å². The van der Waals surface area contributed by atoms with Gasteiger partial charge in [-0.05, 0) is 23.3 Å². The number of carbonyl (C=O) groups is 3. The minimum atomic E-state index is -1.46. The molecule has 1 heterocycles. The summed E-state index contributed by atoms with van der Waals surface area (Å²) in [6.07, 6.45) is -0.0806. The fraction of sp³-hybridized carbons (Fsp3) is 0.238. The number of aromatic nitrogens is 1. The number of carbonyl (C=O) groups excluding carboxylic acids is 1. The minimum absolute atomic E-state index is 0.0392. The summed E-state index contributed by atoms with van der Waals surface area (Å²) in [5.74, 6) is -3.20. The molecule has 3 aromatic rings. The summed E-state index contributed by atoms with van der Waals surface area (Å²) in [5, 5.41) is 23.3. The Kier molecular flexibility index (Phi) is 6.23. The SMILES string of the molecule is Cc1nc(Cc2cccc3ccccc23)sc1CC(=O)NC(CC(=O)O)C(=O)O. The van der Waals surface area contributed by atoms with Crippen LogP contribution < -0.4 is 5.32 Å². The highest BCUT2D eigenvalue weighted by Crippen LogP contribution is 2.25. The lowest BCUT2D eigenvalue weighted by Crippen LogP contribution is -2.42. The summed E-state index contributed by atoms with van der Waals surface area (Å²) in [7, 11) is 0. The fourth-order valence-corrected chi connectivity index (χ4v) is 4.19. The quantitative estimate of drug-likeness (QED) is 0.524. The van der Waals surface area contributed by atoms with Gasteiger partial charge in [0.15, 0.2) is 0 Å². The standard InChI is InChI=1S/C21H20N2O5S/c1-12-17(11-18(24)23-16(21(27)28)10-20(25)26)29-19(22-12)9-14-7-4-6-13-5-2-3-8-15(13)14/h2-8,16H,9-11H2,1H3,(H,23,24)(H,25,26)(H,27,28). The van der Waals surface area contributed by atoms with Crippen molar-refractivity contribution in [1.82, 2.24) is 10.3 Å². The number of amides is 1. The first-order chi connectivity index (χ1) is 13.8. The topological polar surface area (TPSA) is 117 Å². The molecule has 7 nitrogen and oxygen atoms in total. The van der Waals surface area contributed by atoms with Gasteiger partial charge in [0.05, 0.1) is 23.5 Å². The number of hydrogen-bond donors (Lipinski definition) is 3. The zero-order chi connectivity index (χ0) is 21.0. The molecule has 1 atom stereocenters. The highest BCUT2D eigenvalue weighted by atomic mass is 32.1. The van der Waals surface area contributed by atoms with Gasteiger partial charge >= 0.3 is 11.9 Å². The maximum absolute atomic E-state index is 12.2.